The van der Waals surface area contributed by atoms with Crippen molar-refractivity contribution in [3.63, 3.8) is 0 Å². The van der Waals surface area contributed by atoms with Gasteiger partial charge in [-0.2, -0.15) is 0 Å². The van der Waals surface area contributed by atoms with Crippen LogP contribution in [-0.4, -0.2) is 48.3 Å². The van der Waals surface area contributed by atoms with Crippen molar-refractivity contribution in [3.8, 4) is 0 Å². The lowest BCUT2D eigenvalue weighted by atomic mass is 10.1. The lowest BCUT2D eigenvalue weighted by Gasteiger charge is -2.20. The summed E-state index contributed by atoms with van der Waals surface area (Å²) < 4.78 is 4.98. The van der Waals surface area contributed by atoms with Crippen LogP contribution in [0.25, 0.3) is 0 Å². The second-order valence-corrected chi connectivity index (χ2v) is 3.88. The molecule has 1 aromatic rings. The number of nitrogens with zero attached hydrogens (tertiary/aromatic N) is 2. The number of aliphatic hydroxyl groups excluding tert-OH is 1. The number of nitro benzene ring substituents is 1. The summed E-state index contributed by atoms with van der Waals surface area (Å²) in [5, 5.41) is 19.9. The number of aliphatic hydroxyl groups is 1. The molecule has 0 atom stereocenters. The van der Waals surface area contributed by atoms with Gasteiger partial charge in [0.05, 0.1) is 18.1 Å². The molecule has 18 heavy (non-hydrogen) atoms. The van der Waals surface area contributed by atoms with Gasteiger partial charge in [-0.3, -0.25) is 15.0 Å². The highest BCUT2D eigenvalue weighted by Gasteiger charge is 2.15. The Bertz CT molecular complexity index is 384. The average Bonchev–Trinajstić information content (AvgIpc) is 2.36. The van der Waals surface area contributed by atoms with Gasteiger partial charge in [0.15, 0.2) is 0 Å². The molecule has 0 spiro atoms. The summed E-state index contributed by atoms with van der Waals surface area (Å²) in [6.07, 6.45) is 0. The first-order valence-electron chi connectivity index (χ1n) is 5.73. The van der Waals surface area contributed by atoms with Gasteiger partial charge >= 0.3 is 0 Å². The molecule has 0 heterocycles. The monoisotopic (exact) mass is 254 g/mol. The smallest absolute Gasteiger partial charge is 0.273 e. The Hall–Kier alpha value is -1.50. The molecule has 100 valence electrons. The average molecular weight is 254 g/mol. The first-order valence-corrected chi connectivity index (χ1v) is 5.73. The molecule has 1 aromatic carbocycles. The quantitative estimate of drug-likeness (QED) is 0.554. The molecule has 1 N–H and O–H groups in total. The fourth-order valence-corrected chi connectivity index (χ4v) is 1.70. The van der Waals surface area contributed by atoms with Crippen LogP contribution in [0.4, 0.5) is 5.69 Å². The van der Waals surface area contributed by atoms with Crippen LogP contribution in [0.3, 0.4) is 0 Å². The van der Waals surface area contributed by atoms with Crippen LogP contribution in [0.2, 0.25) is 0 Å². The topological polar surface area (TPSA) is 75.8 Å². The molecule has 1 rings (SSSR count). The highest BCUT2D eigenvalue weighted by molar-refractivity contribution is 5.39. The molecule has 0 amide bonds. The summed E-state index contributed by atoms with van der Waals surface area (Å²) in [5.74, 6) is 0. The molecule has 0 saturated carbocycles. The Kier molecular flexibility index (Phi) is 6.27. The van der Waals surface area contributed by atoms with E-state index in [4.69, 9.17) is 9.84 Å². The van der Waals surface area contributed by atoms with Crippen molar-refractivity contribution >= 4 is 5.69 Å². The predicted octanol–water partition coefficient (Wildman–Crippen LogP) is 1.04. The van der Waals surface area contributed by atoms with Crippen molar-refractivity contribution in [2.24, 2.45) is 0 Å². The van der Waals surface area contributed by atoms with E-state index in [2.05, 4.69) is 0 Å². The van der Waals surface area contributed by atoms with E-state index in [0.717, 1.165) is 0 Å². The van der Waals surface area contributed by atoms with Gasteiger partial charge in [0.2, 0.25) is 0 Å². The van der Waals surface area contributed by atoms with Crippen molar-refractivity contribution < 1.29 is 14.8 Å². The number of rotatable bonds is 8. The molecule has 0 aliphatic heterocycles. The van der Waals surface area contributed by atoms with Crippen LogP contribution in [0.5, 0.6) is 0 Å². The maximum Gasteiger partial charge on any atom is 0.273 e. The van der Waals surface area contributed by atoms with Crippen molar-refractivity contribution in [2.75, 3.05) is 33.4 Å². The number of nitro groups is 1. The zero-order valence-electron chi connectivity index (χ0n) is 10.4. The Labute approximate surface area is 106 Å². The van der Waals surface area contributed by atoms with Crippen LogP contribution < -0.4 is 0 Å². The van der Waals surface area contributed by atoms with Crippen molar-refractivity contribution in [1.82, 2.24) is 4.90 Å². The second-order valence-electron chi connectivity index (χ2n) is 3.88. The minimum absolute atomic E-state index is 0.0182. The third-order valence-corrected chi connectivity index (χ3v) is 2.61. The first-order chi connectivity index (χ1) is 8.69. The second kappa shape index (κ2) is 7.75. The number of ether oxygens (including phenoxy) is 1. The summed E-state index contributed by atoms with van der Waals surface area (Å²) in [6.45, 7) is 2.07. The van der Waals surface area contributed by atoms with Gasteiger partial charge in [-0.1, -0.05) is 18.2 Å². The number of hydrogen-bond acceptors (Lipinski definition) is 5. The SMILES string of the molecule is COCCN(CCO)Cc1ccccc1[N+](=O)[O-]. The summed E-state index contributed by atoms with van der Waals surface area (Å²) in [4.78, 5) is 12.4. The zero-order valence-corrected chi connectivity index (χ0v) is 10.4. The maximum absolute atomic E-state index is 10.9. The van der Waals surface area contributed by atoms with E-state index < -0.39 is 0 Å². The summed E-state index contributed by atoms with van der Waals surface area (Å²) >= 11 is 0. The Balaban J connectivity index is 2.76. The molecule has 0 aromatic heterocycles. The molecule has 0 fully saturated rings. The molecule has 0 bridgehead atoms. The maximum atomic E-state index is 10.9. The number of benzene rings is 1. The standard InChI is InChI=1S/C12H18N2O4/c1-18-9-7-13(6-8-15)10-11-4-2-3-5-12(11)14(16)17/h2-5,15H,6-10H2,1H3. The van der Waals surface area contributed by atoms with Crippen LogP contribution in [0.1, 0.15) is 5.56 Å². The van der Waals surface area contributed by atoms with Gasteiger partial charge in [-0.05, 0) is 0 Å². The lowest BCUT2D eigenvalue weighted by molar-refractivity contribution is -0.385. The van der Waals surface area contributed by atoms with E-state index in [-0.39, 0.29) is 17.2 Å². The van der Waals surface area contributed by atoms with Gasteiger partial charge in [0.1, 0.15) is 0 Å². The molecule has 0 aliphatic rings. The molecule has 0 saturated heterocycles. The summed E-state index contributed by atoms with van der Waals surface area (Å²) in [6, 6.07) is 6.64. The molecule has 6 heteroatoms. The van der Waals surface area contributed by atoms with E-state index in [1.54, 1.807) is 25.3 Å². The van der Waals surface area contributed by atoms with Gasteiger partial charge in [0.25, 0.3) is 5.69 Å². The van der Waals surface area contributed by atoms with Crippen LogP contribution in [0.15, 0.2) is 24.3 Å². The van der Waals surface area contributed by atoms with E-state index in [9.17, 15) is 10.1 Å². The minimum atomic E-state index is -0.386. The van der Waals surface area contributed by atoms with Crippen molar-refractivity contribution in [2.45, 2.75) is 6.54 Å². The summed E-state index contributed by atoms with van der Waals surface area (Å²) in [7, 11) is 1.60. The van der Waals surface area contributed by atoms with Crippen molar-refractivity contribution in [1.29, 1.82) is 0 Å². The molecular formula is C12H18N2O4. The van der Waals surface area contributed by atoms with Crippen molar-refractivity contribution in [3.05, 3.63) is 39.9 Å². The zero-order chi connectivity index (χ0) is 13.4. The molecule has 6 nitrogen and oxygen atoms in total. The first kappa shape index (κ1) is 14.6. The third-order valence-electron chi connectivity index (χ3n) is 2.61. The van der Waals surface area contributed by atoms with Crippen LogP contribution in [0, 0.1) is 10.1 Å². The highest BCUT2D eigenvalue weighted by atomic mass is 16.6. The number of methoxy groups -OCH3 is 1. The largest absolute Gasteiger partial charge is 0.395 e. The minimum Gasteiger partial charge on any atom is -0.395 e. The van der Waals surface area contributed by atoms with E-state index in [0.29, 0.717) is 31.8 Å². The van der Waals surface area contributed by atoms with E-state index in [1.165, 1.54) is 6.07 Å². The molecule has 0 radical (unpaired) electrons. The normalized spacial score (nSPS) is 10.8. The van der Waals surface area contributed by atoms with Gasteiger partial charge < -0.3 is 9.84 Å². The van der Waals surface area contributed by atoms with E-state index in [1.807, 2.05) is 4.90 Å². The van der Waals surface area contributed by atoms with Gasteiger partial charge in [0, 0.05) is 38.4 Å². The van der Waals surface area contributed by atoms with Crippen LogP contribution >= 0.6 is 0 Å². The molecule has 0 unspecified atom stereocenters. The highest BCUT2D eigenvalue weighted by Crippen LogP contribution is 2.19. The Morgan fingerprint density at radius 2 is 2.11 bits per heavy atom. The van der Waals surface area contributed by atoms with Gasteiger partial charge in [-0.25, -0.2) is 0 Å². The summed E-state index contributed by atoms with van der Waals surface area (Å²) in [5.41, 5.74) is 0.755. The molecule has 0 aliphatic carbocycles. The number of para-hydroxylation sites is 1. The fourth-order valence-electron chi connectivity index (χ4n) is 1.70. The van der Waals surface area contributed by atoms with Gasteiger partial charge in [-0.15, -0.1) is 0 Å². The Morgan fingerprint density at radius 1 is 1.39 bits per heavy atom. The van der Waals surface area contributed by atoms with Crippen LogP contribution in [-0.2, 0) is 11.3 Å². The molecular weight excluding hydrogens is 236 g/mol. The predicted molar refractivity (Wildman–Crippen MR) is 67.3 cm³/mol. The third kappa shape index (κ3) is 4.40. The Morgan fingerprint density at radius 3 is 2.72 bits per heavy atom. The lowest BCUT2D eigenvalue weighted by Crippen LogP contribution is -2.30. The fraction of sp³-hybridized carbons (Fsp3) is 0.500. The van der Waals surface area contributed by atoms with E-state index >= 15 is 0 Å². The number of hydrogen-bond donors (Lipinski definition) is 1.